The first-order chi connectivity index (χ1) is 12.0. The second-order valence-corrected chi connectivity index (χ2v) is 8.33. The summed E-state index contributed by atoms with van der Waals surface area (Å²) in [6.45, 7) is 3.18. The van der Waals surface area contributed by atoms with Crippen LogP contribution < -0.4 is 5.32 Å². The van der Waals surface area contributed by atoms with Crippen molar-refractivity contribution in [2.75, 3.05) is 26.2 Å². The molecule has 1 aliphatic heterocycles. The zero-order valence-electron chi connectivity index (χ0n) is 14.6. The van der Waals surface area contributed by atoms with Gasteiger partial charge in [-0.3, -0.25) is 0 Å². The fourth-order valence-electron chi connectivity index (χ4n) is 4.30. The lowest BCUT2D eigenvalue weighted by Crippen LogP contribution is -2.43. The second kappa shape index (κ2) is 6.58. The molecule has 1 saturated heterocycles. The summed E-state index contributed by atoms with van der Waals surface area (Å²) < 4.78 is 38.3. The molecule has 1 aromatic rings. The van der Waals surface area contributed by atoms with E-state index in [0.29, 0.717) is 30.5 Å². The Morgan fingerprint density at radius 2 is 1.76 bits per heavy atom. The van der Waals surface area contributed by atoms with Crippen molar-refractivity contribution >= 4 is 0 Å². The van der Waals surface area contributed by atoms with Gasteiger partial charge >= 0.3 is 6.18 Å². The van der Waals surface area contributed by atoms with Gasteiger partial charge in [-0.1, -0.05) is 30.3 Å². The summed E-state index contributed by atoms with van der Waals surface area (Å²) in [4.78, 5) is 2.26. The van der Waals surface area contributed by atoms with Gasteiger partial charge in [-0.25, -0.2) is 0 Å². The number of alkyl halides is 3. The fraction of sp³-hybridized carbons (Fsp3) is 0.700. The Morgan fingerprint density at radius 3 is 2.36 bits per heavy atom. The number of halogens is 3. The van der Waals surface area contributed by atoms with Gasteiger partial charge in [0.15, 0.2) is 0 Å². The van der Waals surface area contributed by atoms with E-state index in [2.05, 4.69) is 40.5 Å². The summed E-state index contributed by atoms with van der Waals surface area (Å²) in [5.41, 5.74) is 1.73. The lowest BCUT2D eigenvalue weighted by atomic mass is 9.95. The highest BCUT2D eigenvalue weighted by Gasteiger charge is 2.48. The van der Waals surface area contributed by atoms with Crippen molar-refractivity contribution in [2.45, 2.75) is 50.2 Å². The molecule has 138 valence electrons. The Morgan fingerprint density at radius 1 is 1.08 bits per heavy atom. The molecule has 4 rings (SSSR count). The van der Waals surface area contributed by atoms with Crippen LogP contribution in [0.3, 0.4) is 0 Å². The molecule has 0 bridgehead atoms. The normalized spacial score (nSPS) is 29.6. The predicted molar refractivity (Wildman–Crippen MR) is 92.5 cm³/mol. The number of nitrogens with one attached hydrogen (secondary N) is 1. The van der Waals surface area contributed by atoms with Crippen molar-refractivity contribution < 1.29 is 13.2 Å². The van der Waals surface area contributed by atoms with E-state index in [4.69, 9.17) is 0 Å². The summed E-state index contributed by atoms with van der Waals surface area (Å²) in [7, 11) is 0. The summed E-state index contributed by atoms with van der Waals surface area (Å²) in [5, 5.41) is 3.72. The molecule has 2 nitrogen and oxygen atoms in total. The second-order valence-electron chi connectivity index (χ2n) is 8.33. The average molecular weight is 352 g/mol. The van der Waals surface area contributed by atoms with E-state index in [-0.39, 0.29) is 12.8 Å². The molecule has 0 radical (unpaired) electrons. The molecular formula is C20H27F3N2. The number of rotatable bonds is 6. The topological polar surface area (TPSA) is 15.3 Å². The number of hydrogen-bond acceptors (Lipinski definition) is 2. The van der Waals surface area contributed by atoms with E-state index >= 15 is 0 Å². The molecule has 0 aromatic heterocycles. The van der Waals surface area contributed by atoms with Gasteiger partial charge < -0.3 is 10.2 Å². The van der Waals surface area contributed by atoms with E-state index < -0.39 is 12.1 Å². The standard InChI is InChI=1S/C20H27F3N2/c21-20(22,23)16-6-10-25(11-7-16)14-19(8-9-19)13-24-18-12-17(18)15-4-2-1-3-5-15/h1-5,16-18,24H,6-14H2/t17?,18-/m0/s1. The molecule has 5 heteroatoms. The molecule has 3 aliphatic rings. The van der Waals surface area contributed by atoms with Gasteiger partial charge in [-0.05, 0) is 56.2 Å². The highest BCUT2D eigenvalue weighted by Crippen LogP contribution is 2.48. The zero-order valence-corrected chi connectivity index (χ0v) is 14.6. The molecule has 1 heterocycles. The third kappa shape index (κ3) is 4.20. The van der Waals surface area contributed by atoms with Crippen LogP contribution in [0.25, 0.3) is 0 Å². The van der Waals surface area contributed by atoms with Crippen LogP contribution >= 0.6 is 0 Å². The summed E-state index contributed by atoms with van der Waals surface area (Å²) in [6, 6.07) is 11.2. The zero-order chi connectivity index (χ0) is 17.5. The molecular weight excluding hydrogens is 325 g/mol. The maximum Gasteiger partial charge on any atom is 0.391 e. The van der Waals surface area contributed by atoms with Gasteiger partial charge in [0, 0.05) is 25.0 Å². The third-order valence-corrected chi connectivity index (χ3v) is 6.32. The van der Waals surface area contributed by atoms with Crippen LogP contribution in [0.5, 0.6) is 0 Å². The minimum absolute atomic E-state index is 0.270. The van der Waals surface area contributed by atoms with Crippen molar-refractivity contribution in [3.05, 3.63) is 35.9 Å². The van der Waals surface area contributed by atoms with Crippen molar-refractivity contribution in [3.8, 4) is 0 Å². The van der Waals surface area contributed by atoms with Gasteiger partial charge in [-0.2, -0.15) is 13.2 Å². The van der Waals surface area contributed by atoms with Crippen molar-refractivity contribution in [3.63, 3.8) is 0 Å². The molecule has 2 aliphatic carbocycles. The third-order valence-electron chi connectivity index (χ3n) is 6.32. The van der Waals surface area contributed by atoms with Crippen LogP contribution in [0, 0.1) is 11.3 Å². The Hall–Kier alpha value is -1.07. The monoisotopic (exact) mass is 352 g/mol. The maximum absolute atomic E-state index is 12.8. The number of nitrogens with zero attached hydrogens (tertiary/aromatic N) is 1. The number of benzene rings is 1. The van der Waals surface area contributed by atoms with Gasteiger partial charge in [0.25, 0.3) is 0 Å². The molecule has 1 N–H and O–H groups in total. The quantitative estimate of drug-likeness (QED) is 0.826. The van der Waals surface area contributed by atoms with Crippen LogP contribution in [-0.2, 0) is 0 Å². The van der Waals surface area contributed by atoms with Crippen LogP contribution in [0.2, 0.25) is 0 Å². The van der Waals surface area contributed by atoms with Crippen LogP contribution in [0.15, 0.2) is 30.3 Å². The largest absolute Gasteiger partial charge is 0.391 e. The molecule has 2 atom stereocenters. The predicted octanol–water partition coefficient (Wildman–Crippen LogP) is 4.19. The molecule has 0 spiro atoms. The highest BCUT2D eigenvalue weighted by molar-refractivity contribution is 5.27. The van der Waals surface area contributed by atoms with E-state index in [9.17, 15) is 13.2 Å². The van der Waals surface area contributed by atoms with Crippen LogP contribution in [0.4, 0.5) is 13.2 Å². The van der Waals surface area contributed by atoms with Crippen molar-refractivity contribution in [1.29, 1.82) is 0 Å². The maximum atomic E-state index is 12.8. The smallest absolute Gasteiger partial charge is 0.313 e. The lowest BCUT2D eigenvalue weighted by Gasteiger charge is -2.35. The molecule has 3 fully saturated rings. The van der Waals surface area contributed by atoms with Gasteiger partial charge in [0.05, 0.1) is 5.92 Å². The molecule has 1 aromatic carbocycles. The van der Waals surface area contributed by atoms with Gasteiger partial charge in [0.2, 0.25) is 0 Å². The van der Waals surface area contributed by atoms with Crippen molar-refractivity contribution in [1.82, 2.24) is 10.2 Å². The SMILES string of the molecule is FC(F)(F)C1CCN(CC2(CN[C@H]3CC3c3ccccc3)CC2)CC1. The highest BCUT2D eigenvalue weighted by atomic mass is 19.4. The fourth-order valence-corrected chi connectivity index (χ4v) is 4.30. The molecule has 25 heavy (non-hydrogen) atoms. The summed E-state index contributed by atoms with van der Waals surface area (Å²) in [5.74, 6) is -0.449. The van der Waals surface area contributed by atoms with E-state index in [1.165, 1.54) is 24.8 Å². The van der Waals surface area contributed by atoms with Crippen LogP contribution in [0.1, 0.15) is 43.6 Å². The Kier molecular flexibility index (Phi) is 4.57. The van der Waals surface area contributed by atoms with Crippen LogP contribution in [-0.4, -0.2) is 43.3 Å². The first kappa shape index (κ1) is 17.3. The van der Waals surface area contributed by atoms with E-state index in [1.54, 1.807) is 0 Å². The first-order valence-electron chi connectivity index (χ1n) is 9.53. The number of hydrogen-bond donors (Lipinski definition) is 1. The minimum atomic E-state index is -4.01. The van der Waals surface area contributed by atoms with Crippen molar-refractivity contribution in [2.24, 2.45) is 11.3 Å². The summed E-state index contributed by atoms with van der Waals surface area (Å²) >= 11 is 0. The first-order valence-corrected chi connectivity index (χ1v) is 9.53. The van der Waals surface area contributed by atoms with E-state index in [0.717, 1.165) is 13.1 Å². The molecule has 2 saturated carbocycles. The van der Waals surface area contributed by atoms with Gasteiger partial charge in [0.1, 0.15) is 0 Å². The molecule has 0 amide bonds. The Labute approximate surface area is 147 Å². The number of likely N-dealkylation sites (tertiary alicyclic amines) is 1. The summed E-state index contributed by atoms with van der Waals surface area (Å²) in [6.07, 6.45) is 0.154. The van der Waals surface area contributed by atoms with E-state index in [1.807, 2.05) is 0 Å². The number of piperidine rings is 1. The average Bonchev–Trinajstić information content (AvgIpc) is 3.50. The van der Waals surface area contributed by atoms with Gasteiger partial charge in [-0.15, -0.1) is 0 Å². The Bertz CT molecular complexity index is 574. The Balaban J connectivity index is 1.21. The lowest BCUT2D eigenvalue weighted by molar-refractivity contribution is -0.185. The molecule has 1 unspecified atom stereocenters. The minimum Gasteiger partial charge on any atom is -0.313 e.